The molecule has 98 valence electrons. The molecule has 1 aromatic rings. The van der Waals surface area contributed by atoms with Crippen molar-refractivity contribution in [2.75, 3.05) is 26.7 Å². The molecular formula is C13H19N3O2. The van der Waals surface area contributed by atoms with Crippen molar-refractivity contribution in [2.24, 2.45) is 5.73 Å². The van der Waals surface area contributed by atoms with Crippen molar-refractivity contribution in [3.8, 4) is 5.75 Å². The van der Waals surface area contributed by atoms with Crippen LogP contribution in [-0.2, 0) is 11.3 Å². The van der Waals surface area contributed by atoms with Crippen LogP contribution in [0.5, 0.6) is 5.75 Å². The average molecular weight is 249 g/mol. The molecule has 0 radical (unpaired) electrons. The van der Waals surface area contributed by atoms with Crippen LogP contribution in [0.4, 0.5) is 0 Å². The zero-order chi connectivity index (χ0) is 13.0. The zero-order valence-corrected chi connectivity index (χ0v) is 10.6. The van der Waals surface area contributed by atoms with E-state index in [1.165, 1.54) is 0 Å². The van der Waals surface area contributed by atoms with Gasteiger partial charge in [-0.3, -0.25) is 9.69 Å². The largest absolute Gasteiger partial charge is 0.492 e. The summed E-state index contributed by atoms with van der Waals surface area (Å²) in [5.74, 6) is 0.607. The first-order valence-electron chi connectivity index (χ1n) is 6.10. The summed E-state index contributed by atoms with van der Waals surface area (Å²) in [7, 11) is 1.75. The maximum atomic E-state index is 11.2. The van der Waals surface area contributed by atoms with Gasteiger partial charge in [-0.2, -0.15) is 0 Å². The van der Waals surface area contributed by atoms with Gasteiger partial charge in [0.05, 0.1) is 6.04 Å². The highest BCUT2D eigenvalue weighted by molar-refractivity contribution is 5.80. The number of carbonyl (C=O) groups is 1. The van der Waals surface area contributed by atoms with E-state index in [9.17, 15) is 4.79 Å². The Hall–Kier alpha value is -1.59. The van der Waals surface area contributed by atoms with E-state index >= 15 is 0 Å². The van der Waals surface area contributed by atoms with Crippen LogP contribution < -0.4 is 15.8 Å². The molecule has 0 saturated heterocycles. The number of nitrogens with zero attached hydrogens (tertiary/aromatic N) is 1. The fourth-order valence-corrected chi connectivity index (χ4v) is 2.12. The molecule has 1 amide bonds. The molecule has 1 aliphatic rings. The molecular weight excluding hydrogens is 230 g/mol. The van der Waals surface area contributed by atoms with Gasteiger partial charge in [0.1, 0.15) is 12.4 Å². The quantitative estimate of drug-likeness (QED) is 0.785. The van der Waals surface area contributed by atoms with E-state index in [1.54, 1.807) is 7.05 Å². The van der Waals surface area contributed by atoms with Crippen LogP contribution in [0.25, 0.3) is 0 Å². The summed E-state index contributed by atoms with van der Waals surface area (Å²) in [6, 6.07) is 7.66. The van der Waals surface area contributed by atoms with Gasteiger partial charge in [0.25, 0.3) is 0 Å². The predicted octanol–water partition coefficient (Wildman–Crippen LogP) is -0.0457. The Kier molecular flexibility index (Phi) is 4.17. The minimum Gasteiger partial charge on any atom is -0.492 e. The van der Waals surface area contributed by atoms with Gasteiger partial charge in [-0.1, -0.05) is 18.2 Å². The number of likely N-dealkylation sites (N-methyl/N-ethyl adjacent to an activating group) is 1. The molecule has 1 heterocycles. The summed E-state index contributed by atoms with van der Waals surface area (Å²) in [6.45, 7) is 2.80. The Balaban J connectivity index is 2.05. The van der Waals surface area contributed by atoms with Gasteiger partial charge in [0.2, 0.25) is 5.91 Å². The number of para-hydroxylation sites is 1. The minimum atomic E-state index is -0.324. The number of hydrogen-bond acceptors (Lipinski definition) is 4. The van der Waals surface area contributed by atoms with E-state index in [4.69, 9.17) is 10.5 Å². The number of hydrogen-bond donors (Lipinski definition) is 2. The molecule has 1 unspecified atom stereocenters. The van der Waals surface area contributed by atoms with Crippen LogP contribution >= 0.6 is 0 Å². The number of nitrogens with two attached hydrogens (primary N) is 1. The number of primary amides is 1. The van der Waals surface area contributed by atoms with E-state index in [0.717, 1.165) is 24.4 Å². The summed E-state index contributed by atoms with van der Waals surface area (Å²) in [5.41, 5.74) is 6.49. The van der Waals surface area contributed by atoms with Gasteiger partial charge in [-0.25, -0.2) is 0 Å². The molecule has 5 heteroatoms. The lowest BCUT2D eigenvalue weighted by atomic mass is 10.2. The van der Waals surface area contributed by atoms with Crippen LogP contribution in [0.1, 0.15) is 5.56 Å². The van der Waals surface area contributed by atoms with Crippen molar-refractivity contribution < 1.29 is 9.53 Å². The zero-order valence-electron chi connectivity index (χ0n) is 10.6. The van der Waals surface area contributed by atoms with E-state index in [0.29, 0.717) is 13.2 Å². The number of ether oxygens (including phenoxy) is 1. The molecule has 0 aliphatic carbocycles. The number of benzene rings is 1. The van der Waals surface area contributed by atoms with E-state index in [2.05, 4.69) is 10.2 Å². The number of amides is 1. The Labute approximate surface area is 107 Å². The van der Waals surface area contributed by atoms with Crippen LogP contribution in [0.3, 0.4) is 0 Å². The topological polar surface area (TPSA) is 67.6 Å². The summed E-state index contributed by atoms with van der Waals surface area (Å²) in [4.78, 5) is 13.4. The molecule has 0 spiro atoms. The minimum absolute atomic E-state index is 0.323. The molecule has 0 bridgehead atoms. The first-order chi connectivity index (χ1) is 8.70. The van der Waals surface area contributed by atoms with Crippen molar-refractivity contribution in [2.45, 2.75) is 12.6 Å². The van der Waals surface area contributed by atoms with Crippen LogP contribution in [0, 0.1) is 0 Å². The van der Waals surface area contributed by atoms with E-state index in [-0.39, 0.29) is 11.9 Å². The van der Waals surface area contributed by atoms with Gasteiger partial charge >= 0.3 is 0 Å². The lowest BCUT2D eigenvalue weighted by Crippen LogP contribution is -2.48. The fourth-order valence-electron chi connectivity index (χ4n) is 2.12. The van der Waals surface area contributed by atoms with Gasteiger partial charge < -0.3 is 15.8 Å². The van der Waals surface area contributed by atoms with E-state index in [1.807, 2.05) is 24.3 Å². The first-order valence-corrected chi connectivity index (χ1v) is 6.10. The summed E-state index contributed by atoms with van der Waals surface area (Å²) < 4.78 is 5.68. The summed E-state index contributed by atoms with van der Waals surface area (Å²) in [5, 5.41) is 2.94. The fraction of sp³-hybridized carbons (Fsp3) is 0.462. The van der Waals surface area contributed by atoms with Crippen molar-refractivity contribution in [1.29, 1.82) is 0 Å². The predicted molar refractivity (Wildman–Crippen MR) is 69.3 cm³/mol. The lowest BCUT2D eigenvalue weighted by Gasteiger charge is -2.23. The highest BCUT2D eigenvalue weighted by Gasteiger charge is 2.20. The maximum Gasteiger partial charge on any atom is 0.235 e. The van der Waals surface area contributed by atoms with Crippen LogP contribution in [0.2, 0.25) is 0 Å². The third-order valence-electron chi connectivity index (χ3n) is 3.16. The first kappa shape index (κ1) is 12.9. The SMILES string of the molecule is CNC(CN1CCOc2ccccc2C1)C(N)=O. The van der Waals surface area contributed by atoms with Crippen LogP contribution in [0.15, 0.2) is 24.3 Å². The molecule has 0 saturated carbocycles. The number of nitrogens with one attached hydrogen (secondary N) is 1. The van der Waals surface area contributed by atoms with Crippen LogP contribution in [-0.4, -0.2) is 43.6 Å². The van der Waals surface area contributed by atoms with Crippen molar-refractivity contribution in [1.82, 2.24) is 10.2 Å². The number of fused-ring (bicyclic) bond motifs is 1. The van der Waals surface area contributed by atoms with Gasteiger partial charge in [0, 0.05) is 25.2 Å². The monoisotopic (exact) mass is 249 g/mol. The number of carbonyl (C=O) groups excluding carboxylic acids is 1. The second-order valence-corrected chi connectivity index (χ2v) is 4.43. The molecule has 0 fully saturated rings. The highest BCUT2D eigenvalue weighted by Crippen LogP contribution is 2.22. The van der Waals surface area contributed by atoms with Gasteiger partial charge in [-0.05, 0) is 13.1 Å². The molecule has 18 heavy (non-hydrogen) atoms. The Bertz CT molecular complexity index is 422. The summed E-state index contributed by atoms with van der Waals surface area (Å²) >= 11 is 0. The normalized spacial score (nSPS) is 17.4. The van der Waals surface area contributed by atoms with Crippen molar-refractivity contribution in [3.63, 3.8) is 0 Å². The average Bonchev–Trinajstić information content (AvgIpc) is 2.57. The molecule has 1 atom stereocenters. The highest BCUT2D eigenvalue weighted by atomic mass is 16.5. The second-order valence-electron chi connectivity index (χ2n) is 4.43. The molecule has 0 aromatic heterocycles. The number of rotatable bonds is 4. The standard InChI is InChI=1S/C13H19N3O2/c1-15-11(13(14)17)9-16-6-7-18-12-5-3-2-4-10(12)8-16/h2-5,11,15H,6-9H2,1H3,(H2,14,17). The molecule has 1 aliphatic heterocycles. The Morgan fingerprint density at radius 2 is 2.33 bits per heavy atom. The third kappa shape index (κ3) is 3.00. The maximum absolute atomic E-state index is 11.2. The van der Waals surface area contributed by atoms with Gasteiger partial charge in [-0.15, -0.1) is 0 Å². The lowest BCUT2D eigenvalue weighted by molar-refractivity contribution is -0.120. The smallest absolute Gasteiger partial charge is 0.235 e. The Morgan fingerprint density at radius 1 is 1.56 bits per heavy atom. The summed E-state index contributed by atoms with van der Waals surface area (Å²) in [6.07, 6.45) is 0. The molecule has 2 rings (SSSR count). The van der Waals surface area contributed by atoms with E-state index < -0.39 is 0 Å². The van der Waals surface area contributed by atoms with Crippen molar-refractivity contribution >= 4 is 5.91 Å². The Morgan fingerprint density at radius 3 is 3.06 bits per heavy atom. The molecule has 3 N–H and O–H groups in total. The molecule has 1 aromatic carbocycles. The van der Waals surface area contributed by atoms with Crippen molar-refractivity contribution in [3.05, 3.63) is 29.8 Å². The van der Waals surface area contributed by atoms with Gasteiger partial charge in [0.15, 0.2) is 0 Å². The molecule has 5 nitrogen and oxygen atoms in total. The second kappa shape index (κ2) is 5.84. The third-order valence-corrected chi connectivity index (χ3v) is 3.16.